The first-order chi connectivity index (χ1) is 9.61. The first-order valence-corrected chi connectivity index (χ1v) is 7.06. The lowest BCUT2D eigenvalue weighted by atomic mass is 9.93. The molecule has 2 aromatic rings. The molecule has 20 heavy (non-hydrogen) atoms. The van der Waals surface area contributed by atoms with Crippen LogP contribution in [-0.4, -0.2) is 22.0 Å². The van der Waals surface area contributed by atoms with E-state index < -0.39 is 4.92 Å². The molecule has 8 heteroatoms. The van der Waals surface area contributed by atoms with Gasteiger partial charge in [0.1, 0.15) is 0 Å². The number of carbonyl (C=O) groups excluding carboxylic acids is 1. The van der Waals surface area contributed by atoms with Crippen molar-refractivity contribution in [2.45, 2.75) is 25.3 Å². The third kappa shape index (κ3) is 2.55. The lowest BCUT2D eigenvalue weighted by Gasteiger charge is -2.26. The predicted molar refractivity (Wildman–Crippen MR) is 76.1 cm³/mol. The van der Waals surface area contributed by atoms with Gasteiger partial charge in [-0.3, -0.25) is 15.4 Å². The summed E-state index contributed by atoms with van der Waals surface area (Å²) in [6.45, 7) is 0. The number of amides is 2. The largest absolute Gasteiger partial charge is 0.335 e. The van der Waals surface area contributed by atoms with E-state index in [0.717, 1.165) is 19.3 Å². The van der Waals surface area contributed by atoms with E-state index in [1.54, 1.807) is 6.07 Å². The summed E-state index contributed by atoms with van der Waals surface area (Å²) in [7, 11) is 0. The Kier molecular flexibility index (Phi) is 3.23. The summed E-state index contributed by atoms with van der Waals surface area (Å²) in [5, 5.41) is 16.7. The number of carbonyl (C=O) groups is 1. The van der Waals surface area contributed by atoms with E-state index in [1.165, 1.54) is 23.5 Å². The molecule has 1 fully saturated rings. The fraction of sp³-hybridized carbons (Fsp3) is 0.333. The molecule has 2 N–H and O–H groups in total. The number of thiazole rings is 1. The number of hydrogen-bond acceptors (Lipinski definition) is 5. The monoisotopic (exact) mass is 292 g/mol. The van der Waals surface area contributed by atoms with Crippen LogP contribution in [0.15, 0.2) is 18.2 Å². The van der Waals surface area contributed by atoms with Crippen molar-refractivity contribution in [3.8, 4) is 0 Å². The Hall–Kier alpha value is -2.22. The summed E-state index contributed by atoms with van der Waals surface area (Å²) in [6.07, 6.45) is 3.18. The van der Waals surface area contributed by atoms with Crippen LogP contribution >= 0.6 is 11.3 Å². The highest BCUT2D eigenvalue weighted by atomic mass is 32.1. The maximum atomic E-state index is 11.7. The molecule has 0 aliphatic heterocycles. The van der Waals surface area contributed by atoms with Crippen LogP contribution in [0.5, 0.6) is 0 Å². The van der Waals surface area contributed by atoms with Gasteiger partial charge in [-0.05, 0) is 25.3 Å². The van der Waals surface area contributed by atoms with Crippen molar-refractivity contribution >= 4 is 38.4 Å². The highest BCUT2D eigenvalue weighted by Gasteiger charge is 2.20. The van der Waals surface area contributed by atoms with E-state index in [9.17, 15) is 14.9 Å². The maximum Gasteiger partial charge on any atom is 0.321 e. The van der Waals surface area contributed by atoms with Crippen LogP contribution in [0.1, 0.15) is 19.3 Å². The molecule has 0 spiro atoms. The minimum atomic E-state index is -0.449. The number of fused-ring (bicyclic) bond motifs is 1. The summed E-state index contributed by atoms with van der Waals surface area (Å²) in [6, 6.07) is 4.43. The summed E-state index contributed by atoms with van der Waals surface area (Å²) >= 11 is 1.22. The van der Waals surface area contributed by atoms with E-state index in [4.69, 9.17) is 0 Å². The Morgan fingerprint density at radius 3 is 2.90 bits per heavy atom. The SMILES string of the molecule is O=C(Nc1nc2ccc([N+](=O)[O-])cc2s1)NC1CCC1. The normalized spacial score (nSPS) is 14.8. The highest BCUT2D eigenvalue weighted by molar-refractivity contribution is 7.22. The number of rotatable bonds is 3. The number of nitrogens with one attached hydrogen (secondary N) is 2. The van der Waals surface area contributed by atoms with Crippen LogP contribution in [0.25, 0.3) is 10.2 Å². The standard InChI is InChI=1S/C12H12N4O3S/c17-11(13-7-2-1-3-7)15-12-14-9-5-4-8(16(18)19)6-10(9)20-12/h4-7H,1-3H2,(H2,13,14,15,17). The summed E-state index contributed by atoms with van der Waals surface area (Å²) < 4.78 is 0.679. The van der Waals surface area contributed by atoms with Gasteiger partial charge in [0.15, 0.2) is 5.13 Å². The maximum absolute atomic E-state index is 11.7. The average Bonchev–Trinajstić information content (AvgIpc) is 2.74. The molecule has 1 aliphatic carbocycles. The van der Waals surface area contributed by atoms with Crippen molar-refractivity contribution in [1.82, 2.24) is 10.3 Å². The predicted octanol–water partition coefficient (Wildman–Crippen LogP) is 2.88. The van der Waals surface area contributed by atoms with Gasteiger partial charge in [-0.2, -0.15) is 0 Å². The number of nitro benzene ring substituents is 1. The van der Waals surface area contributed by atoms with Gasteiger partial charge < -0.3 is 5.32 Å². The number of nitro groups is 1. The third-order valence-corrected chi connectivity index (χ3v) is 4.18. The minimum absolute atomic E-state index is 0.0200. The number of anilines is 1. The molecule has 0 unspecified atom stereocenters. The Morgan fingerprint density at radius 1 is 1.45 bits per heavy atom. The molecule has 3 rings (SSSR count). The number of nitrogens with zero attached hydrogens (tertiary/aromatic N) is 2. The van der Waals surface area contributed by atoms with Gasteiger partial charge in [-0.15, -0.1) is 0 Å². The first-order valence-electron chi connectivity index (χ1n) is 6.24. The fourth-order valence-corrected chi connectivity index (χ4v) is 2.85. The number of benzene rings is 1. The molecule has 7 nitrogen and oxygen atoms in total. The lowest BCUT2D eigenvalue weighted by molar-refractivity contribution is -0.384. The van der Waals surface area contributed by atoms with Crippen molar-refractivity contribution in [2.24, 2.45) is 0 Å². The van der Waals surface area contributed by atoms with Gasteiger partial charge in [0.05, 0.1) is 15.1 Å². The van der Waals surface area contributed by atoms with Crippen molar-refractivity contribution in [3.63, 3.8) is 0 Å². The van der Waals surface area contributed by atoms with Crippen molar-refractivity contribution in [1.29, 1.82) is 0 Å². The van der Waals surface area contributed by atoms with E-state index in [-0.39, 0.29) is 17.8 Å². The first kappa shape index (κ1) is 12.8. The zero-order chi connectivity index (χ0) is 14.1. The number of hydrogen-bond donors (Lipinski definition) is 2. The van der Waals surface area contributed by atoms with Crippen molar-refractivity contribution < 1.29 is 9.72 Å². The highest BCUT2D eigenvalue weighted by Crippen LogP contribution is 2.29. The second-order valence-electron chi connectivity index (χ2n) is 4.65. The van der Waals surface area contributed by atoms with Crippen molar-refractivity contribution in [2.75, 3.05) is 5.32 Å². The van der Waals surface area contributed by atoms with Gasteiger partial charge in [-0.25, -0.2) is 9.78 Å². The molecule has 0 atom stereocenters. The second-order valence-corrected chi connectivity index (χ2v) is 5.69. The quantitative estimate of drug-likeness (QED) is 0.671. The molecule has 0 bridgehead atoms. The Morgan fingerprint density at radius 2 is 2.25 bits per heavy atom. The summed E-state index contributed by atoms with van der Waals surface area (Å²) in [5.41, 5.74) is 0.658. The smallest absolute Gasteiger partial charge is 0.321 e. The van der Waals surface area contributed by atoms with Crippen LogP contribution < -0.4 is 10.6 Å². The summed E-state index contributed by atoms with van der Waals surface area (Å²) in [4.78, 5) is 26.2. The second kappa shape index (κ2) is 5.04. The Balaban J connectivity index is 1.74. The molecule has 1 aromatic carbocycles. The molecule has 1 saturated carbocycles. The third-order valence-electron chi connectivity index (χ3n) is 3.24. The minimum Gasteiger partial charge on any atom is -0.335 e. The summed E-state index contributed by atoms with van der Waals surface area (Å²) in [5.74, 6) is 0. The van der Waals surface area contributed by atoms with E-state index in [2.05, 4.69) is 15.6 Å². The Bertz CT molecular complexity index is 680. The molecule has 1 aliphatic rings. The number of non-ortho nitro benzene ring substituents is 1. The van der Waals surface area contributed by atoms with Gasteiger partial charge >= 0.3 is 6.03 Å². The molecular weight excluding hydrogens is 280 g/mol. The average molecular weight is 292 g/mol. The molecule has 1 heterocycles. The van der Waals surface area contributed by atoms with E-state index in [1.807, 2.05) is 0 Å². The molecule has 0 saturated heterocycles. The van der Waals surface area contributed by atoms with Gasteiger partial charge in [0.2, 0.25) is 0 Å². The topological polar surface area (TPSA) is 97.2 Å². The Labute approximate surface area is 118 Å². The van der Waals surface area contributed by atoms with Gasteiger partial charge in [-0.1, -0.05) is 11.3 Å². The fourth-order valence-electron chi connectivity index (χ4n) is 1.95. The molecule has 1 aromatic heterocycles. The molecular formula is C12H12N4O3S. The van der Waals surface area contributed by atoms with Crippen LogP contribution in [-0.2, 0) is 0 Å². The molecule has 0 radical (unpaired) electrons. The van der Waals surface area contributed by atoms with Crippen LogP contribution in [0, 0.1) is 10.1 Å². The lowest BCUT2D eigenvalue weighted by Crippen LogP contribution is -2.41. The van der Waals surface area contributed by atoms with Crippen LogP contribution in [0.4, 0.5) is 15.6 Å². The van der Waals surface area contributed by atoms with E-state index >= 15 is 0 Å². The van der Waals surface area contributed by atoms with E-state index in [0.29, 0.717) is 15.3 Å². The van der Waals surface area contributed by atoms with Crippen LogP contribution in [0.3, 0.4) is 0 Å². The number of urea groups is 1. The van der Waals surface area contributed by atoms with Gasteiger partial charge in [0.25, 0.3) is 5.69 Å². The molecule has 104 valence electrons. The zero-order valence-corrected chi connectivity index (χ0v) is 11.3. The van der Waals surface area contributed by atoms with Crippen LogP contribution in [0.2, 0.25) is 0 Å². The zero-order valence-electron chi connectivity index (χ0n) is 10.5. The van der Waals surface area contributed by atoms with Gasteiger partial charge in [0, 0.05) is 18.2 Å². The van der Waals surface area contributed by atoms with Crippen molar-refractivity contribution in [3.05, 3.63) is 28.3 Å². The number of aromatic nitrogens is 1. The molecule has 2 amide bonds.